The van der Waals surface area contributed by atoms with Gasteiger partial charge in [0.05, 0.1) is 6.20 Å². The third-order valence-corrected chi connectivity index (χ3v) is 2.08. The van der Waals surface area contributed by atoms with Gasteiger partial charge in [-0.25, -0.2) is 4.79 Å². The number of esters is 1. The van der Waals surface area contributed by atoms with Gasteiger partial charge in [0.1, 0.15) is 0 Å². The van der Waals surface area contributed by atoms with Crippen molar-refractivity contribution in [1.82, 2.24) is 5.16 Å². The first-order valence-electron chi connectivity index (χ1n) is 4.08. The molecule has 1 heterocycles. The Morgan fingerprint density at radius 2 is 2.29 bits per heavy atom. The largest absolute Gasteiger partial charge is 0.443 e. The molecule has 1 aromatic rings. The second-order valence-electron chi connectivity index (χ2n) is 3.12. The van der Waals surface area contributed by atoms with Crippen LogP contribution in [-0.4, -0.2) is 22.6 Å². The maximum absolute atomic E-state index is 11.3. The smallest absolute Gasteiger partial charge is 0.378 e. The summed E-state index contributed by atoms with van der Waals surface area (Å²) in [6.07, 6.45) is 2.27. The van der Waals surface area contributed by atoms with Crippen LogP contribution in [0.2, 0.25) is 0 Å². The van der Waals surface area contributed by atoms with Gasteiger partial charge >= 0.3 is 5.97 Å². The van der Waals surface area contributed by atoms with E-state index in [0.717, 1.165) is 0 Å². The number of nitrogens with zero attached hydrogens (tertiary/aromatic N) is 1. The molecule has 0 bridgehead atoms. The van der Waals surface area contributed by atoms with E-state index in [1.54, 1.807) is 0 Å². The summed E-state index contributed by atoms with van der Waals surface area (Å²) in [5.41, 5.74) is 3.96. The third-order valence-electron chi connectivity index (χ3n) is 2.08. The first-order chi connectivity index (χ1) is 6.64. The van der Waals surface area contributed by atoms with Crippen molar-refractivity contribution in [3.05, 3.63) is 18.0 Å². The molecule has 0 saturated heterocycles. The molecule has 2 rings (SSSR count). The quantitative estimate of drug-likeness (QED) is 0.678. The number of ether oxygens (including phenoxy) is 1. The van der Waals surface area contributed by atoms with Crippen molar-refractivity contribution in [2.45, 2.75) is 18.4 Å². The van der Waals surface area contributed by atoms with Gasteiger partial charge in [-0.15, -0.1) is 0 Å². The Labute approximate surface area is 79.0 Å². The fourth-order valence-corrected chi connectivity index (χ4v) is 1.06. The Morgan fingerprint density at radius 1 is 1.57 bits per heavy atom. The average Bonchev–Trinajstić information content (AvgIpc) is 2.74. The van der Waals surface area contributed by atoms with Gasteiger partial charge in [0, 0.05) is 18.9 Å². The Balaban J connectivity index is 2.06. The third kappa shape index (κ3) is 1.34. The summed E-state index contributed by atoms with van der Waals surface area (Å²) in [5, 5.41) is 3.35. The van der Waals surface area contributed by atoms with Gasteiger partial charge in [0.25, 0.3) is 5.91 Å². The normalized spacial score (nSPS) is 17.4. The summed E-state index contributed by atoms with van der Waals surface area (Å²) in [6, 6.07) is 1.36. The Kier molecular flexibility index (Phi) is 1.77. The summed E-state index contributed by atoms with van der Waals surface area (Å²) < 4.78 is 9.48. The Bertz CT molecular complexity index is 367. The van der Waals surface area contributed by atoms with E-state index in [2.05, 4.69) is 9.68 Å². The van der Waals surface area contributed by atoms with Gasteiger partial charge in [0.2, 0.25) is 5.76 Å². The molecule has 0 radical (unpaired) electrons. The first kappa shape index (κ1) is 8.74. The second-order valence-corrected chi connectivity index (χ2v) is 3.12. The van der Waals surface area contributed by atoms with Crippen LogP contribution in [0.25, 0.3) is 0 Å². The lowest BCUT2D eigenvalue weighted by Gasteiger charge is -2.10. The lowest BCUT2D eigenvalue weighted by atomic mass is 10.3. The number of carbonyl (C=O) groups is 2. The van der Waals surface area contributed by atoms with Crippen molar-refractivity contribution in [3.8, 4) is 0 Å². The minimum Gasteiger partial charge on any atom is -0.443 e. The summed E-state index contributed by atoms with van der Waals surface area (Å²) in [4.78, 5) is 22.2. The topological polar surface area (TPSA) is 95.4 Å². The molecule has 0 aromatic carbocycles. The number of carbonyl (C=O) groups excluding carboxylic acids is 2. The monoisotopic (exact) mass is 196 g/mol. The standard InChI is InChI=1S/C8H8N2O4/c9-7(12)8(2-3-8)13-6(11)5-1-4-10-14-5/h1,4H,2-3H2,(H2,9,12). The van der Waals surface area contributed by atoms with Gasteiger partial charge in [0.15, 0.2) is 5.60 Å². The van der Waals surface area contributed by atoms with Gasteiger partial charge in [-0.1, -0.05) is 5.16 Å². The molecule has 6 heteroatoms. The first-order valence-corrected chi connectivity index (χ1v) is 4.08. The van der Waals surface area contributed by atoms with E-state index in [-0.39, 0.29) is 5.76 Å². The lowest BCUT2D eigenvalue weighted by molar-refractivity contribution is -0.128. The van der Waals surface area contributed by atoms with E-state index in [4.69, 9.17) is 10.5 Å². The molecular formula is C8H8N2O4. The molecule has 1 aliphatic rings. The van der Waals surface area contributed by atoms with E-state index >= 15 is 0 Å². The van der Waals surface area contributed by atoms with E-state index in [1.807, 2.05) is 0 Å². The highest BCUT2D eigenvalue weighted by Gasteiger charge is 2.53. The molecule has 1 aromatic heterocycles. The number of primary amides is 1. The molecule has 0 atom stereocenters. The maximum atomic E-state index is 11.3. The minimum atomic E-state index is -1.11. The van der Waals surface area contributed by atoms with Crippen molar-refractivity contribution < 1.29 is 18.8 Å². The lowest BCUT2D eigenvalue weighted by Crippen LogP contribution is -2.35. The molecule has 1 fully saturated rings. The van der Waals surface area contributed by atoms with Crippen LogP contribution in [0.1, 0.15) is 23.4 Å². The predicted molar refractivity (Wildman–Crippen MR) is 43.1 cm³/mol. The summed E-state index contributed by atoms with van der Waals surface area (Å²) in [5.74, 6) is -1.36. The van der Waals surface area contributed by atoms with Crippen LogP contribution in [-0.2, 0) is 9.53 Å². The maximum Gasteiger partial charge on any atom is 0.378 e. The zero-order valence-corrected chi connectivity index (χ0v) is 7.23. The summed E-state index contributed by atoms with van der Waals surface area (Å²) in [7, 11) is 0. The molecule has 6 nitrogen and oxygen atoms in total. The van der Waals surface area contributed by atoms with E-state index < -0.39 is 17.5 Å². The van der Waals surface area contributed by atoms with E-state index in [0.29, 0.717) is 12.8 Å². The fourth-order valence-electron chi connectivity index (χ4n) is 1.06. The highest BCUT2D eigenvalue weighted by Crippen LogP contribution is 2.39. The molecular weight excluding hydrogens is 188 g/mol. The molecule has 0 unspecified atom stereocenters. The van der Waals surface area contributed by atoms with Gasteiger partial charge in [-0.05, 0) is 0 Å². The zero-order chi connectivity index (χ0) is 10.2. The molecule has 1 amide bonds. The van der Waals surface area contributed by atoms with Crippen molar-refractivity contribution in [2.75, 3.05) is 0 Å². The minimum absolute atomic E-state index is 0.0301. The van der Waals surface area contributed by atoms with Crippen molar-refractivity contribution in [3.63, 3.8) is 0 Å². The number of nitrogens with two attached hydrogens (primary N) is 1. The zero-order valence-electron chi connectivity index (χ0n) is 7.23. The van der Waals surface area contributed by atoms with Crippen LogP contribution in [0, 0.1) is 0 Å². The van der Waals surface area contributed by atoms with E-state index in [1.165, 1.54) is 12.3 Å². The van der Waals surface area contributed by atoms with Crippen LogP contribution in [0.3, 0.4) is 0 Å². The second kappa shape index (κ2) is 2.83. The average molecular weight is 196 g/mol. The van der Waals surface area contributed by atoms with Gasteiger partial charge < -0.3 is 15.0 Å². The fraction of sp³-hybridized carbons (Fsp3) is 0.375. The summed E-state index contributed by atoms with van der Waals surface area (Å²) in [6.45, 7) is 0. The van der Waals surface area contributed by atoms with Crippen LogP contribution in [0.5, 0.6) is 0 Å². The van der Waals surface area contributed by atoms with Crippen LogP contribution in [0.15, 0.2) is 16.8 Å². The van der Waals surface area contributed by atoms with Crippen LogP contribution in [0.4, 0.5) is 0 Å². The highest BCUT2D eigenvalue weighted by atomic mass is 16.6. The van der Waals surface area contributed by atoms with Crippen LogP contribution >= 0.6 is 0 Å². The molecule has 1 aliphatic carbocycles. The molecule has 0 spiro atoms. The number of amides is 1. The van der Waals surface area contributed by atoms with Crippen molar-refractivity contribution in [2.24, 2.45) is 5.73 Å². The molecule has 2 N–H and O–H groups in total. The molecule has 74 valence electrons. The summed E-state index contributed by atoms with van der Waals surface area (Å²) >= 11 is 0. The number of aromatic nitrogens is 1. The number of hydrogen-bond donors (Lipinski definition) is 1. The van der Waals surface area contributed by atoms with Gasteiger partial charge in [-0.3, -0.25) is 4.79 Å². The SMILES string of the molecule is NC(=O)C1(OC(=O)c2ccno2)CC1. The Hall–Kier alpha value is -1.85. The van der Waals surface area contributed by atoms with Crippen molar-refractivity contribution in [1.29, 1.82) is 0 Å². The number of hydrogen-bond acceptors (Lipinski definition) is 5. The van der Waals surface area contributed by atoms with Gasteiger partial charge in [-0.2, -0.15) is 0 Å². The molecule has 0 aliphatic heterocycles. The Morgan fingerprint density at radius 3 is 2.71 bits per heavy atom. The van der Waals surface area contributed by atoms with E-state index in [9.17, 15) is 9.59 Å². The predicted octanol–water partition coefficient (Wildman–Crippen LogP) is -0.151. The molecule has 1 saturated carbocycles. The number of rotatable bonds is 3. The highest BCUT2D eigenvalue weighted by molar-refractivity contribution is 5.93. The van der Waals surface area contributed by atoms with Crippen LogP contribution < -0.4 is 5.73 Å². The van der Waals surface area contributed by atoms with Crippen molar-refractivity contribution >= 4 is 11.9 Å². The molecule has 14 heavy (non-hydrogen) atoms.